The molecule has 3 amide bonds. The first kappa shape index (κ1) is 18.5. The van der Waals surface area contributed by atoms with Gasteiger partial charge in [-0.15, -0.1) is 0 Å². The van der Waals surface area contributed by atoms with Gasteiger partial charge in [0, 0.05) is 31.0 Å². The molecule has 6 nitrogen and oxygen atoms in total. The third kappa shape index (κ3) is 4.51. The Morgan fingerprint density at radius 2 is 2.04 bits per heavy atom. The van der Waals surface area contributed by atoms with E-state index >= 15 is 0 Å². The number of nitrogens with zero attached hydrogens (tertiary/aromatic N) is 1. The number of amides is 3. The quantitative estimate of drug-likeness (QED) is 0.748. The molecule has 2 aromatic carbocycles. The van der Waals surface area contributed by atoms with E-state index in [2.05, 4.69) is 51.2 Å². The number of nitrogens with one attached hydrogen (secondary N) is 3. The maximum atomic E-state index is 12.2. The molecule has 2 aromatic rings. The number of carbonyl (C=O) groups is 2. The molecule has 0 unspecified atom stereocenters. The summed E-state index contributed by atoms with van der Waals surface area (Å²) in [5, 5.41) is 8.58. The molecule has 0 saturated carbocycles. The Kier molecular flexibility index (Phi) is 5.58. The second kappa shape index (κ2) is 8.44. The van der Waals surface area contributed by atoms with E-state index in [-0.39, 0.29) is 11.9 Å². The van der Waals surface area contributed by atoms with Crippen molar-refractivity contribution >= 4 is 23.3 Å². The zero-order chi connectivity index (χ0) is 19.3. The van der Waals surface area contributed by atoms with Crippen LogP contribution in [-0.2, 0) is 11.2 Å². The lowest BCUT2D eigenvalue weighted by Gasteiger charge is -2.33. The molecule has 1 atom stereocenters. The number of hydrogen-bond acceptors (Lipinski definition) is 3. The zero-order valence-electron chi connectivity index (χ0n) is 15.9. The molecule has 2 aliphatic rings. The van der Waals surface area contributed by atoms with Crippen molar-refractivity contribution in [1.29, 1.82) is 0 Å². The number of urea groups is 1. The Hall–Kier alpha value is -2.86. The lowest BCUT2D eigenvalue weighted by molar-refractivity contribution is -0.115. The summed E-state index contributed by atoms with van der Waals surface area (Å²) in [7, 11) is 0. The Balaban J connectivity index is 1.22. The first-order chi connectivity index (χ1) is 13.7. The summed E-state index contributed by atoms with van der Waals surface area (Å²) in [6.45, 7) is 3.58. The first-order valence-corrected chi connectivity index (χ1v) is 9.92. The summed E-state index contributed by atoms with van der Waals surface area (Å²) in [4.78, 5) is 26.0. The minimum absolute atomic E-state index is 0.00746. The molecular weight excluding hydrogens is 352 g/mol. The van der Waals surface area contributed by atoms with Gasteiger partial charge in [-0.25, -0.2) is 4.79 Å². The fourth-order valence-electron chi connectivity index (χ4n) is 4.07. The van der Waals surface area contributed by atoms with Crippen molar-refractivity contribution in [1.82, 2.24) is 10.2 Å². The van der Waals surface area contributed by atoms with Gasteiger partial charge in [0.15, 0.2) is 0 Å². The minimum Gasteiger partial charge on any atom is -0.337 e. The van der Waals surface area contributed by atoms with E-state index in [0.29, 0.717) is 24.6 Å². The highest BCUT2D eigenvalue weighted by molar-refractivity contribution is 6.00. The topological polar surface area (TPSA) is 73.5 Å². The fourth-order valence-corrected chi connectivity index (χ4v) is 4.07. The first-order valence-electron chi connectivity index (χ1n) is 9.92. The largest absolute Gasteiger partial charge is 0.337 e. The molecule has 6 heteroatoms. The van der Waals surface area contributed by atoms with Gasteiger partial charge in [0.25, 0.3) is 0 Å². The van der Waals surface area contributed by atoms with E-state index in [1.807, 2.05) is 12.1 Å². The molecule has 4 rings (SSSR count). The van der Waals surface area contributed by atoms with Crippen LogP contribution in [0.2, 0.25) is 0 Å². The van der Waals surface area contributed by atoms with Crippen LogP contribution < -0.4 is 16.0 Å². The fraction of sp³-hybridized carbons (Fsp3) is 0.364. The standard InChI is InChI=1S/C22H26N4O2/c27-21-14-18-13-19(8-9-20(18)25-21)24-22(28)23-10-12-26-11-4-7-17(15-26)16-5-2-1-3-6-16/h1-3,5-6,8-9,13,17H,4,7,10-12,14-15H2,(H,25,27)(H2,23,24,28)/t17-/m0/s1. The molecule has 28 heavy (non-hydrogen) atoms. The average molecular weight is 378 g/mol. The number of anilines is 2. The smallest absolute Gasteiger partial charge is 0.319 e. The Morgan fingerprint density at radius 1 is 1.18 bits per heavy atom. The van der Waals surface area contributed by atoms with E-state index in [4.69, 9.17) is 0 Å². The summed E-state index contributed by atoms with van der Waals surface area (Å²) in [5.74, 6) is 0.568. The van der Waals surface area contributed by atoms with Crippen molar-refractivity contribution in [2.45, 2.75) is 25.2 Å². The van der Waals surface area contributed by atoms with Gasteiger partial charge in [-0.05, 0) is 54.6 Å². The number of fused-ring (bicyclic) bond motifs is 1. The predicted molar refractivity (Wildman–Crippen MR) is 111 cm³/mol. The highest BCUT2D eigenvalue weighted by Gasteiger charge is 2.21. The van der Waals surface area contributed by atoms with Crippen LogP contribution in [0.5, 0.6) is 0 Å². The second-order valence-corrected chi connectivity index (χ2v) is 7.53. The lowest BCUT2D eigenvalue weighted by atomic mass is 9.91. The number of hydrogen-bond donors (Lipinski definition) is 3. The SMILES string of the molecule is O=C1Cc2cc(NC(=O)NCCN3CCC[C@H](c4ccccc4)C3)ccc2N1. The van der Waals surface area contributed by atoms with E-state index in [1.54, 1.807) is 6.07 Å². The van der Waals surface area contributed by atoms with Crippen LogP contribution in [0, 0.1) is 0 Å². The van der Waals surface area contributed by atoms with Crippen molar-refractivity contribution in [3.05, 3.63) is 59.7 Å². The number of likely N-dealkylation sites (tertiary alicyclic amines) is 1. The number of piperidine rings is 1. The maximum absolute atomic E-state index is 12.2. The van der Waals surface area contributed by atoms with Crippen molar-refractivity contribution < 1.29 is 9.59 Å². The molecule has 1 fully saturated rings. The minimum atomic E-state index is -0.214. The Bertz CT molecular complexity index is 853. The van der Waals surface area contributed by atoms with Crippen LogP contribution in [-0.4, -0.2) is 43.0 Å². The zero-order valence-corrected chi connectivity index (χ0v) is 15.9. The molecule has 3 N–H and O–H groups in total. The van der Waals surface area contributed by atoms with Gasteiger partial charge in [-0.3, -0.25) is 4.79 Å². The highest BCUT2D eigenvalue weighted by Crippen LogP contribution is 2.27. The molecule has 0 bridgehead atoms. The van der Waals surface area contributed by atoms with Gasteiger partial charge in [0.05, 0.1) is 6.42 Å². The molecule has 2 aliphatic heterocycles. The molecule has 0 aliphatic carbocycles. The lowest BCUT2D eigenvalue weighted by Crippen LogP contribution is -2.41. The van der Waals surface area contributed by atoms with Crippen molar-refractivity contribution in [3.8, 4) is 0 Å². The molecule has 2 heterocycles. The van der Waals surface area contributed by atoms with Gasteiger partial charge in [-0.1, -0.05) is 30.3 Å². The van der Waals surface area contributed by atoms with Gasteiger partial charge >= 0.3 is 6.03 Å². The molecule has 1 saturated heterocycles. The molecule has 0 aromatic heterocycles. The van der Waals surface area contributed by atoms with E-state index in [9.17, 15) is 9.59 Å². The number of carbonyl (C=O) groups excluding carboxylic acids is 2. The normalized spacial score (nSPS) is 19.0. The molecule has 146 valence electrons. The number of benzene rings is 2. The van der Waals surface area contributed by atoms with Gasteiger partial charge in [0.1, 0.15) is 0 Å². The summed E-state index contributed by atoms with van der Waals surface area (Å²) in [6, 6.07) is 15.9. The average Bonchev–Trinajstić information content (AvgIpc) is 3.08. The summed E-state index contributed by atoms with van der Waals surface area (Å²) in [6.07, 6.45) is 2.78. The van der Waals surface area contributed by atoms with E-state index < -0.39 is 0 Å². The molecule has 0 spiro atoms. The Labute approximate surface area is 165 Å². The van der Waals surface area contributed by atoms with Crippen LogP contribution in [0.3, 0.4) is 0 Å². The van der Waals surface area contributed by atoms with E-state index in [1.165, 1.54) is 18.4 Å². The number of rotatable bonds is 5. The van der Waals surface area contributed by atoms with E-state index in [0.717, 1.165) is 30.9 Å². The molecule has 0 radical (unpaired) electrons. The molecular formula is C22H26N4O2. The third-order valence-corrected chi connectivity index (χ3v) is 5.48. The second-order valence-electron chi connectivity index (χ2n) is 7.53. The van der Waals surface area contributed by atoms with Crippen molar-refractivity contribution in [3.63, 3.8) is 0 Å². The van der Waals surface area contributed by atoms with Crippen LogP contribution >= 0.6 is 0 Å². The van der Waals surface area contributed by atoms with Gasteiger partial charge in [-0.2, -0.15) is 0 Å². The van der Waals surface area contributed by atoms with Crippen molar-refractivity contribution in [2.75, 3.05) is 36.8 Å². The van der Waals surface area contributed by atoms with Crippen molar-refractivity contribution in [2.24, 2.45) is 0 Å². The van der Waals surface area contributed by atoms with Crippen LogP contribution in [0.4, 0.5) is 16.2 Å². The monoisotopic (exact) mass is 378 g/mol. The van der Waals surface area contributed by atoms with Crippen LogP contribution in [0.25, 0.3) is 0 Å². The van der Waals surface area contributed by atoms with Gasteiger partial charge in [0.2, 0.25) is 5.91 Å². The van der Waals surface area contributed by atoms with Gasteiger partial charge < -0.3 is 20.9 Å². The maximum Gasteiger partial charge on any atom is 0.319 e. The highest BCUT2D eigenvalue weighted by atomic mass is 16.2. The third-order valence-electron chi connectivity index (χ3n) is 5.48. The summed E-state index contributed by atoms with van der Waals surface area (Å²) in [5.41, 5.74) is 3.86. The summed E-state index contributed by atoms with van der Waals surface area (Å²) >= 11 is 0. The predicted octanol–water partition coefficient (Wildman–Crippen LogP) is 3.18. The Morgan fingerprint density at radius 3 is 2.89 bits per heavy atom. The van der Waals surface area contributed by atoms with Crippen LogP contribution in [0.15, 0.2) is 48.5 Å². The summed E-state index contributed by atoms with van der Waals surface area (Å²) < 4.78 is 0. The van der Waals surface area contributed by atoms with Crippen LogP contribution in [0.1, 0.15) is 29.9 Å².